The Bertz CT molecular complexity index is 961. The van der Waals surface area contributed by atoms with E-state index in [1.54, 1.807) is 6.92 Å². The summed E-state index contributed by atoms with van der Waals surface area (Å²) in [6.07, 6.45) is -15.5. The highest BCUT2D eigenvalue weighted by Gasteiger charge is 2.82. The lowest BCUT2D eigenvalue weighted by Crippen LogP contribution is -2.62. The van der Waals surface area contributed by atoms with E-state index in [0.29, 0.717) is 10.5 Å². The van der Waals surface area contributed by atoms with E-state index in [-0.39, 0.29) is 38.6 Å². The number of nitrogens with zero attached hydrogens (tertiary/aromatic N) is 1. The Morgan fingerprint density at radius 3 is 1.98 bits per heavy atom. The highest BCUT2D eigenvalue weighted by Crippen LogP contribution is 2.53. The fourth-order valence-electron chi connectivity index (χ4n) is 2.96. The number of alkyl halides is 9. The van der Waals surface area contributed by atoms with Crippen LogP contribution in [0.2, 0.25) is 0 Å². The van der Waals surface area contributed by atoms with Gasteiger partial charge in [0.05, 0.1) is 19.8 Å². The molecule has 1 unspecified atom stereocenters. The molecule has 0 fully saturated rings. The number of carbonyl (C=O) groups is 2. The number of carboxylic acids is 1. The third-order valence-corrected chi connectivity index (χ3v) is 5.15. The first-order valence-corrected chi connectivity index (χ1v) is 11.7. The minimum atomic E-state index is -7.12. The molecule has 0 aliphatic heterocycles. The number of benzene rings is 1. The Morgan fingerprint density at radius 1 is 0.878 bits per heavy atom. The molecule has 0 bridgehead atoms. The number of carbonyl (C=O) groups excluding carboxylic acids is 1. The van der Waals surface area contributed by atoms with Crippen molar-refractivity contribution in [3.63, 3.8) is 0 Å². The summed E-state index contributed by atoms with van der Waals surface area (Å²) in [6.45, 7) is -2.02. The molecule has 0 heterocycles. The zero-order valence-corrected chi connectivity index (χ0v) is 21.7. The summed E-state index contributed by atoms with van der Waals surface area (Å²) in [7, 11) is 1.26. The molecule has 41 heavy (non-hydrogen) atoms. The highest BCUT2D eigenvalue weighted by atomic mass is 19.4. The van der Waals surface area contributed by atoms with E-state index in [1.165, 1.54) is 31.4 Å². The first kappa shape index (κ1) is 36.0. The maximum atomic E-state index is 13.6. The van der Waals surface area contributed by atoms with Crippen molar-refractivity contribution in [2.75, 3.05) is 53.2 Å². The second-order valence-corrected chi connectivity index (χ2v) is 8.08. The number of halogens is 9. The Labute approximate surface area is 228 Å². The van der Waals surface area contributed by atoms with Gasteiger partial charge in [0.15, 0.2) is 6.10 Å². The van der Waals surface area contributed by atoms with Gasteiger partial charge in [0.2, 0.25) is 0 Å². The number of aliphatic carboxylic acids is 1. The molecule has 1 amide bonds. The molecule has 18 heteroatoms. The summed E-state index contributed by atoms with van der Waals surface area (Å²) in [6, 6.07) is 5.92. The van der Waals surface area contributed by atoms with Gasteiger partial charge in [-0.1, -0.05) is 12.1 Å². The highest BCUT2D eigenvalue weighted by molar-refractivity contribution is 5.72. The molecule has 9 nitrogen and oxygen atoms in total. The first-order chi connectivity index (χ1) is 18.9. The van der Waals surface area contributed by atoms with Crippen molar-refractivity contribution >= 4 is 12.1 Å². The van der Waals surface area contributed by atoms with Gasteiger partial charge in [0, 0.05) is 26.7 Å². The molecule has 1 aromatic carbocycles. The summed E-state index contributed by atoms with van der Waals surface area (Å²) in [5.41, 5.74) is 0.576. The van der Waals surface area contributed by atoms with E-state index < -0.39 is 62.0 Å². The van der Waals surface area contributed by atoms with E-state index in [4.69, 9.17) is 19.3 Å². The Balaban J connectivity index is 2.82. The number of hydrogen-bond acceptors (Lipinski definition) is 7. The average molecular weight is 617 g/mol. The van der Waals surface area contributed by atoms with Gasteiger partial charge >= 0.3 is 36.2 Å². The fraction of sp³-hybridized carbons (Fsp3) is 0.652. The van der Waals surface area contributed by atoms with Crippen LogP contribution in [0.3, 0.4) is 0 Å². The van der Waals surface area contributed by atoms with Crippen molar-refractivity contribution in [3.8, 4) is 5.75 Å². The topological polar surface area (TPSA) is 104 Å². The lowest BCUT2D eigenvalue weighted by Gasteiger charge is -2.33. The van der Waals surface area contributed by atoms with E-state index in [0.717, 1.165) is 0 Å². The minimum absolute atomic E-state index is 0.0448. The van der Waals surface area contributed by atoms with Crippen molar-refractivity contribution in [2.45, 2.75) is 43.6 Å². The van der Waals surface area contributed by atoms with E-state index in [1.807, 2.05) is 0 Å². The smallest absolute Gasteiger partial charge is 0.460 e. The van der Waals surface area contributed by atoms with Gasteiger partial charge in [0.1, 0.15) is 19.0 Å². The van der Waals surface area contributed by atoms with Gasteiger partial charge in [-0.15, -0.1) is 0 Å². The van der Waals surface area contributed by atoms with Crippen LogP contribution < -0.4 is 4.74 Å². The summed E-state index contributed by atoms with van der Waals surface area (Å²) < 4.78 is 140. The van der Waals surface area contributed by atoms with Crippen LogP contribution >= 0.6 is 0 Å². The van der Waals surface area contributed by atoms with E-state index in [9.17, 15) is 49.1 Å². The number of carboxylic acid groups (broad SMARTS) is 1. The quantitative estimate of drug-likeness (QED) is 0.188. The van der Waals surface area contributed by atoms with Crippen molar-refractivity contribution < 1.29 is 77.9 Å². The van der Waals surface area contributed by atoms with Crippen LogP contribution in [0.15, 0.2) is 24.3 Å². The van der Waals surface area contributed by atoms with Crippen LogP contribution in [0.25, 0.3) is 0 Å². The monoisotopic (exact) mass is 617 g/mol. The molecular weight excluding hydrogens is 589 g/mol. The summed E-state index contributed by atoms with van der Waals surface area (Å²) in [5.74, 6) is -15.0. The molecule has 0 radical (unpaired) electrons. The van der Waals surface area contributed by atoms with Gasteiger partial charge in [-0.3, -0.25) is 0 Å². The molecule has 0 spiro atoms. The molecule has 1 rings (SSSR count). The molecule has 0 aromatic heterocycles. The van der Waals surface area contributed by atoms with E-state index >= 15 is 0 Å². The minimum Gasteiger partial charge on any atom is -0.492 e. The van der Waals surface area contributed by atoms with Gasteiger partial charge in [0.25, 0.3) is 0 Å². The zero-order chi connectivity index (χ0) is 31.5. The van der Waals surface area contributed by atoms with Crippen molar-refractivity contribution in [3.05, 3.63) is 29.8 Å². The number of ether oxygens (including phenoxy) is 5. The average Bonchev–Trinajstić information content (AvgIpc) is 2.87. The number of rotatable bonds is 18. The molecule has 1 atom stereocenters. The van der Waals surface area contributed by atoms with Gasteiger partial charge in [-0.25, -0.2) is 9.59 Å². The van der Waals surface area contributed by atoms with Gasteiger partial charge < -0.3 is 33.7 Å². The third kappa shape index (κ3) is 10.1. The maximum Gasteiger partial charge on any atom is 0.460 e. The molecule has 0 saturated carbocycles. The SMILES string of the molecule is CCOC(Cc1ccc(OCCN(CCOC(F)(F)C(F)(F)C(F)(F)C(F)(F)F)C(=O)OCCOC)cc1)C(=O)O. The van der Waals surface area contributed by atoms with Crippen LogP contribution in [0.4, 0.5) is 44.3 Å². The number of amides is 1. The van der Waals surface area contributed by atoms with Crippen molar-refractivity contribution in [1.29, 1.82) is 0 Å². The van der Waals surface area contributed by atoms with Gasteiger partial charge in [-0.05, 0) is 24.6 Å². The number of methoxy groups -OCH3 is 1. The first-order valence-electron chi connectivity index (χ1n) is 11.7. The molecular formula is C23H28F9NO8. The standard InChI is InChI=1S/C23H28F9NO8/c1-3-38-17(18(34)35)14-15-4-6-16(7-5-15)39-10-8-33(19(36)40-13-12-37-2)9-11-41-23(31,32)21(26,27)20(24,25)22(28,29)30/h4-7,17H,3,8-14H2,1-2H3,(H,34,35). The van der Waals surface area contributed by atoms with Crippen LogP contribution in [0, 0.1) is 0 Å². The van der Waals surface area contributed by atoms with Crippen LogP contribution in [0.5, 0.6) is 5.75 Å². The molecule has 0 saturated heterocycles. The number of hydrogen-bond donors (Lipinski definition) is 1. The second-order valence-electron chi connectivity index (χ2n) is 8.08. The van der Waals surface area contributed by atoms with Crippen molar-refractivity contribution in [2.24, 2.45) is 0 Å². The molecule has 236 valence electrons. The molecule has 0 aliphatic rings. The molecule has 0 aliphatic carbocycles. The zero-order valence-electron chi connectivity index (χ0n) is 21.7. The Morgan fingerprint density at radius 2 is 1.46 bits per heavy atom. The predicted molar refractivity (Wildman–Crippen MR) is 120 cm³/mol. The fourth-order valence-corrected chi connectivity index (χ4v) is 2.96. The Hall–Kier alpha value is -2.99. The molecule has 1 N–H and O–H groups in total. The van der Waals surface area contributed by atoms with Crippen LogP contribution in [-0.2, 0) is 30.2 Å². The van der Waals surface area contributed by atoms with Gasteiger partial charge in [-0.2, -0.15) is 39.5 Å². The maximum absolute atomic E-state index is 13.6. The summed E-state index contributed by atoms with van der Waals surface area (Å²) in [4.78, 5) is 24.0. The summed E-state index contributed by atoms with van der Waals surface area (Å²) >= 11 is 0. The van der Waals surface area contributed by atoms with Crippen LogP contribution in [-0.4, -0.2) is 106 Å². The Kier molecular flexibility index (Phi) is 13.4. The third-order valence-electron chi connectivity index (χ3n) is 5.15. The predicted octanol–water partition coefficient (Wildman–Crippen LogP) is 4.62. The largest absolute Gasteiger partial charge is 0.492 e. The lowest BCUT2D eigenvalue weighted by atomic mass is 10.1. The van der Waals surface area contributed by atoms with E-state index in [2.05, 4.69) is 9.47 Å². The second kappa shape index (κ2) is 15.3. The molecule has 1 aromatic rings. The van der Waals surface area contributed by atoms with Crippen LogP contribution in [0.1, 0.15) is 12.5 Å². The lowest BCUT2D eigenvalue weighted by molar-refractivity contribution is -0.443. The normalized spacial score (nSPS) is 13.5. The summed E-state index contributed by atoms with van der Waals surface area (Å²) in [5, 5.41) is 9.15. The van der Waals surface area contributed by atoms with Crippen molar-refractivity contribution in [1.82, 2.24) is 4.90 Å².